The van der Waals surface area contributed by atoms with Gasteiger partial charge >= 0.3 is 0 Å². The first kappa shape index (κ1) is 17.4. The number of hydrogen-bond acceptors (Lipinski definition) is 5. The Morgan fingerprint density at radius 2 is 2.08 bits per heavy atom. The van der Waals surface area contributed by atoms with Crippen LogP contribution in [0.15, 0.2) is 46.7 Å². The van der Waals surface area contributed by atoms with Gasteiger partial charge in [0.25, 0.3) is 0 Å². The van der Waals surface area contributed by atoms with Crippen molar-refractivity contribution in [3.05, 3.63) is 52.3 Å². The Morgan fingerprint density at radius 3 is 2.73 bits per heavy atom. The molecule has 1 amide bonds. The van der Waals surface area contributed by atoms with Crippen molar-refractivity contribution >= 4 is 33.7 Å². The van der Waals surface area contributed by atoms with E-state index in [1.807, 2.05) is 17.6 Å². The highest BCUT2D eigenvalue weighted by atomic mass is 32.1. The first-order valence-corrected chi connectivity index (χ1v) is 10.8. The van der Waals surface area contributed by atoms with Gasteiger partial charge in [-0.05, 0) is 35.4 Å². The minimum absolute atomic E-state index is 0.0249. The Labute approximate surface area is 161 Å². The summed E-state index contributed by atoms with van der Waals surface area (Å²) >= 11 is 3.11. The van der Waals surface area contributed by atoms with E-state index in [4.69, 9.17) is 0 Å². The molecule has 1 N–H and O–H groups in total. The molecule has 0 bridgehead atoms. The van der Waals surface area contributed by atoms with Crippen molar-refractivity contribution in [1.29, 1.82) is 0 Å². The second-order valence-corrected chi connectivity index (χ2v) is 8.43. The standard InChI is InChI=1S/C20H21N3OS2/c24-19(23-20-21-8-10-26-20)17(11-14-3-1-2-4-14)15-5-6-18(22-12-15)16-7-9-25-13-16/h5-10,12-14,17H,1-4,11H2,(H,21,23,24). The number of nitrogens with one attached hydrogen (secondary N) is 1. The number of thiophene rings is 1. The number of amides is 1. The summed E-state index contributed by atoms with van der Waals surface area (Å²) in [6.07, 6.45) is 9.47. The van der Waals surface area contributed by atoms with Crippen LogP contribution in [-0.2, 0) is 4.79 Å². The van der Waals surface area contributed by atoms with Gasteiger partial charge in [0.05, 0.1) is 11.6 Å². The molecule has 0 aromatic carbocycles. The maximum Gasteiger partial charge on any atom is 0.233 e. The zero-order valence-electron chi connectivity index (χ0n) is 14.4. The normalized spacial score (nSPS) is 15.8. The molecule has 0 aliphatic heterocycles. The monoisotopic (exact) mass is 383 g/mol. The van der Waals surface area contributed by atoms with Gasteiger partial charge in [-0.15, -0.1) is 11.3 Å². The molecule has 26 heavy (non-hydrogen) atoms. The lowest BCUT2D eigenvalue weighted by Crippen LogP contribution is -2.23. The van der Waals surface area contributed by atoms with Gasteiger partial charge in [-0.25, -0.2) is 4.98 Å². The molecule has 134 valence electrons. The van der Waals surface area contributed by atoms with E-state index < -0.39 is 0 Å². The molecule has 3 aromatic heterocycles. The van der Waals surface area contributed by atoms with Crippen molar-refractivity contribution in [3.8, 4) is 11.3 Å². The Hall–Kier alpha value is -2.05. The number of carbonyl (C=O) groups excluding carboxylic acids is 1. The maximum absolute atomic E-state index is 12.9. The van der Waals surface area contributed by atoms with Crippen molar-refractivity contribution in [2.24, 2.45) is 5.92 Å². The molecule has 1 aliphatic carbocycles. The van der Waals surface area contributed by atoms with E-state index in [1.165, 1.54) is 37.0 Å². The molecule has 3 aromatic rings. The molecule has 1 saturated carbocycles. The fourth-order valence-corrected chi connectivity index (χ4v) is 4.83. The van der Waals surface area contributed by atoms with Crippen LogP contribution in [0.3, 0.4) is 0 Å². The molecular formula is C20H21N3OS2. The zero-order chi connectivity index (χ0) is 17.8. The molecule has 0 saturated heterocycles. The number of pyridine rings is 1. The lowest BCUT2D eigenvalue weighted by Gasteiger charge is -2.20. The summed E-state index contributed by atoms with van der Waals surface area (Å²) in [4.78, 5) is 21.7. The van der Waals surface area contributed by atoms with Crippen molar-refractivity contribution in [1.82, 2.24) is 9.97 Å². The topological polar surface area (TPSA) is 54.9 Å². The summed E-state index contributed by atoms with van der Waals surface area (Å²) in [6, 6.07) is 6.15. The smallest absolute Gasteiger partial charge is 0.233 e. The highest BCUT2D eigenvalue weighted by Crippen LogP contribution is 2.35. The van der Waals surface area contributed by atoms with E-state index in [0.717, 1.165) is 23.2 Å². The molecule has 3 heterocycles. The summed E-state index contributed by atoms with van der Waals surface area (Å²) < 4.78 is 0. The Morgan fingerprint density at radius 1 is 1.19 bits per heavy atom. The van der Waals surface area contributed by atoms with Gasteiger partial charge in [-0.2, -0.15) is 11.3 Å². The third-order valence-corrected chi connectivity index (χ3v) is 6.40. The maximum atomic E-state index is 12.9. The van der Waals surface area contributed by atoms with Gasteiger partial charge in [-0.3, -0.25) is 9.78 Å². The predicted octanol–water partition coefficient (Wildman–Crippen LogP) is 5.57. The number of anilines is 1. The second-order valence-electron chi connectivity index (χ2n) is 6.75. The van der Waals surface area contributed by atoms with Gasteiger partial charge in [0.2, 0.25) is 5.91 Å². The minimum Gasteiger partial charge on any atom is -0.301 e. The number of nitrogens with zero attached hydrogens (tertiary/aromatic N) is 2. The van der Waals surface area contributed by atoms with Crippen LogP contribution in [0.5, 0.6) is 0 Å². The van der Waals surface area contributed by atoms with Crippen molar-refractivity contribution < 1.29 is 4.79 Å². The summed E-state index contributed by atoms with van der Waals surface area (Å²) in [7, 11) is 0. The molecule has 1 unspecified atom stereocenters. The van der Waals surface area contributed by atoms with Crippen LogP contribution in [0.4, 0.5) is 5.13 Å². The van der Waals surface area contributed by atoms with Gasteiger partial charge < -0.3 is 5.32 Å². The third-order valence-electron chi connectivity index (χ3n) is 5.03. The molecule has 1 fully saturated rings. The van der Waals surface area contributed by atoms with Crippen molar-refractivity contribution in [2.45, 2.75) is 38.0 Å². The highest BCUT2D eigenvalue weighted by molar-refractivity contribution is 7.13. The second kappa shape index (κ2) is 8.10. The molecular weight excluding hydrogens is 362 g/mol. The molecule has 1 aliphatic rings. The molecule has 4 nitrogen and oxygen atoms in total. The van der Waals surface area contributed by atoms with E-state index in [1.54, 1.807) is 17.5 Å². The van der Waals surface area contributed by atoms with Crippen LogP contribution in [0, 0.1) is 5.92 Å². The number of hydrogen-bond donors (Lipinski definition) is 1. The zero-order valence-corrected chi connectivity index (χ0v) is 16.1. The number of thiazole rings is 1. The fourth-order valence-electron chi connectivity index (χ4n) is 3.64. The average molecular weight is 384 g/mol. The Kier molecular flexibility index (Phi) is 5.41. The Bertz CT molecular complexity index is 823. The fraction of sp³-hybridized carbons (Fsp3) is 0.350. The van der Waals surface area contributed by atoms with E-state index in [-0.39, 0.29) is 11.8 Å². The SMILES string of the molecule is O=C(Nc1nccs1)C(CC1CCCC1)c1ccc(-c2ccsc2)nc1. The summed E-state index contributed by atoms with van der Waals surface area (Å²) in [5.74, 6) is 0.474. The van der Waals surface area contributed by atoms with Crippen molar-refractivity contribution in [2.75, 3.05) is 5.32 Å². The van der Waals surface area contributed by atoms with E-state index in [9.17, 15) is 4.79 Å². The number of rotatable bonds is 6. The van der Waals surface area contributed by atoms with Crippen LogP contribution < -0.4 is 5.32 Å². The number of carbonyl (C=O) groups is 1. The van der Waals surface area contributed by atoms with E-state index >= 15 is 0 Å². The van der Waals surface area contributed by atoms with Crippen LogP contribution in [-0.4, -0.2) is 15.9 Å². The number of aromatic nitrogens is 2. The van der Waals surface area contributed by atoms with Gasteiger partial charge in [-0.1, -0.05) is 31.7 Å². The summed E-state index contributed by atoms with van der Waals surface area (Å²) in [5, 5.41) is 9.66. The van der Waals surface area contributed by atoms with E-state index in [0.29, 0.717) is 11.0 Å². The summed E-state index contributed by atoms with van der Waals surface area (Å²) in [5.41, 5.74) is 3.07. The average Bonchev–Trinajstić information content (AvgIpc) is 3.42. The van der Waals surface area contributed by atoms with Crippen LogP contribution in [0.1, 0.15) is 43.6 Å². The van der Waals surface area contributed by atoms with Crippen LogP contribution in [0.25, 0.3) is 11.3 Å². The van der Waals surface area contributed by atoms with Crippen LogP contribution in [0.2, 0.25) is 0 Å². The first-order chi connectivity index (χ1) is 12.8. The lowest BCUT2D eigenvalue weighted by molar-refractivity contribution is -0.118. The molecule has 6 heteroatoms. The molecule has 4 rings (SSSR count). The highest BCUT2D eigenvalue weighted by Gasteiger charge is 2.27. The lowest BCUT2D eigenvalue weighted by atomic mass is 9.88. The van der Waals surface area contributed by atoms with Crippen molar-refractivity contribution in [3.63, 3.8) is 0 Å². The van der Waals surface area contributed by atoms with Gasteiger partial charge in [0, 0.05) is 28.7 Å². The van der Waals surface area contributed by atoms with Crippen LogP contribution >= 0.6 is 22.7 Å². The first-order valence-electron chi connectivity index (χ1n) is 8.98. The predicted molar refractivity (Wildman–Crippen MR) is 108 cm³/mol. The quantitative estimate of drug-likeness (QED) is 0.605. The minimum atomic E-state index is -0.175. The molecule has 0 radical (unpaired) electrons. The van der Waals surface area contributed by atoms with E-state index in [2.05, 4.69) is 38.2 Å². The van der Waals surface area contributed by atoms with Gasteiger partial charge in [0.1, 0.15) is 0 Å². The van der Waals surface area contributed by atoms with Gasteiger partial charge in [0.15, 0.2) is 5.13 Å². The molecule has 1 atom stereocenters. The third kappa shape index (κ3) is 4.02. The summed E-state index contributed by atoms with van der Waals surface area (Å²) in [6.45, 7) is 0. The largest absolute Gasteiger partial charge is 0.301 e. The Balaban J connectivity index is 1.55. The molecule has 0 spiro atoms.